The summed E-state index contributed by atoms with van der Waals surface area (Å²) in [5.41, 5.74) is 2.61. The summed E-state index contributed by atoms with van der Waals surface area (Å²) >= 11 is 0. The Balaban J connectivity index is 2.52. The van der Waals surface area contributed by atoms with Crippen molar-refractivity contribution in [3.8, 4) is 0 Å². The first-order valence-electron chi connectivity index (χ1n) is 4.01. The second-order valence-electron chi connectivity index (χ2n) is 2.68. The first-order valence-corrected chi connectivity index (χ1v) is 4.01. The fourth-order valence-electron chi connectivity index (χ4n) is 0.934. The monoisotopic (exact) mass is 148 g/mol. The second-order valence-corrected chi connectivity index (χ2v) is 2.68. The molecule has 0 amide bonds. The third kappa shape index (κ3) is 2.72. The van der Waals surface area contributed by atoms with Gasteiger partial charge in [0.1, 0.15) is 0 Å². The third-order valence-electron chi connectivity index (χ3n) is 1.64. The maximum Gasteiger partial charge on any atom is 0.0384 e. The van der Waals surface area contributed by atoms with Crippen molar-refractivity contribution in [3.63, 3.8) is 0 Å². The first kappa shape index (κ1) is 8.28. The molecule has 0 saturated carbocycles. The highest BCUT2D eigenvalue weighted by Gasteiger charge is 1.90. The zero-order chi connectivity index (χ0) is 8.10. The SMILES string of the molecule is CC[N]Cc1ccc(C)cc1. The van der Waals surface area contributed by atoms with Crippen molar-refractivity contribution in [2.75, 3.05) is 6.54 Å². The van der Waals surface area contributed by atoms with Gasteiger partial charge in [-0.25, -0.2) is 5.32 Å². The fraction of sp³-hybridized carbons (Fsp3) is 0.400. The quantitative estimate of drug-likeness (QED) is 0.623. The van der Waals surface area contributed by atoms with Crippen LogP contribution in [0, 0.1) is 6.92 Å². The van der Waals surface area contributed by atoms with E-state index in [-0.39, 0.29) is 0 Å². The molecule has 0 heterocycles. The number of hydrogen-bond donors (Lipinski definition) is 0. The number of nitrogens with zero attached hydrogens (tertiary/aromatic N) is 1. The van der Waals surface area contributed by atoms with Gasteiger partial charge in [-0.2, -0.15) is 0 Å². The molecule has 0 aliphatic rings. The molecule has 0 aliphatic carbocycles. The lowest BCUT2D eigenvalue weighted by Crippen LogP contribution is -2.02. The van der Waals surface area contributed by atoms with Crippen molar-refractivity contribution in [2.45, 2.75) is 20.4 Å². The van der Waals surface area contributed by atoms with Gasteiger partial charge in [0.2, 0.25) is 0 Å². The number of aryl methyl sites for hydroxylation is 1. The Kier molecular flexibility index (Phi) is 3.12. The van der Waals surface area contributed by atoms with E-state index in [0.29, 0.717) is 0 Å². The Hall–Kier alpha value is -0.820. The van der Waals surface area contributed by atoms with E-state index in [1.54, 1.807) is 0 Å². The number of rotatable bonds is 3. The van der Waals surface area contributed by atoms with Gasteiger partial charge >= 0.3 is 0 Å². The van der Waals surface area contributed by atoms with E-state index < -0.39 is 0 Å². The van der Waals surface area contributed by atoms with E-state index in [1.165, 1.54) is 11.1 Å². The van der Waals surface area contributed by atoms with Crippen LogP contribution in [0.5, 0.6) is 0 Å². The van der Waals surface area contributed by atoms with Crippen LogP contribution in [0.1, 0.15) is 18.1 Å². The Bertz CT molecular complexity index is 201. The highest BCUT2D eigenvalue weighted by atomic mass is 14.8. The maximum absolute atomic E-state index is 4.27. The summed E-state index contributed by atoms with van der Waals surface area (Å²) in [5.74, 6) is 0. The molecule has 0 N–H and O–H groups in total. The molecule has 0 aliphatic heterocycles. The maximum atomic E-state index is 4.27. The highest BCUT2D eigenvalue weighted by Crippen LogP contribution is 2.02. The van der Waals surface area contributed by atoms with E-state index in [0.717, 1.165) is 13.1 Å². The molecule has 0 bridgehead atoms. The molecule has 1 heteroatoms. The lowest BCUT2D eigenvalue weighted by Gasteiger charge is -1.99. The zero-order valence-electron chi connectivity index (χ0n) is 7.17. The molecule has 1 aromatic carbocycles. The predicted molar refractivity (Wildman–Crippen MR) is 47.6 cm³/mol. The Morgan fingerprint density at radius 1 is 1.18 bits per heavy atom. The molecule has 0 spiro atoms. The number of hydrogen-bond acceptors (Lipinski definition) is 0. The van der Waals surface area contributed by atoms with Crippen molar-refractivity contribution in [1.29, 1.82) is 0 Å². The Morgan fingerprint density at radius 2 is 1.82 bits per heavy atom. The van der Waals surface area contributed by atoms with E-state index >= 15 is 0 Å². The molecule has 1 aromatic rings. The lowest BCUT2D eigenvalue weighted by molar-refractivity contribution is 0.710. The minimum atomic E-state index is 0.858. The van der Waals surface area contributed by atoms with Crippen LogP contribution in [-0.2, 0) is 6.54 Å². The van der Waals surface area contributed by atoms with Crippen molar-refractivity contribution in [2.24, 2.45) is 0 Å². The average molecular weight is 148 g/mol. The second kappa shape index (κ2) is 4.14. The topological polar surface area (TPSA) is 14.1 Å². The van der Waals surface area contributed by atoms with Gasteiger partial charge in [-0.1, -0.05) is 36.8 Å². The van der Waals surface area contributed by atoms with Gasteiger partial charge in [-0.15, -0.1) is 0 Å². The summed E-state index contributed by atoms with van der Waals surface area (Å²) in [6, 6.07) is 8.52. The van der Waals surface area contributed by atoms with Crippen LogP contribution in [0.25, 0.3) is 0 Å². The fourth-order valence-corrected chi connectivity index (χ4v) is 0.934. The highest BCUT2D eigenvalue weighted by molar-refractivity contribution is 5.20. The Morgan fingerprint density at radius 3 is 2.36 bits per heavy atom. The lowest BCUT2D eigenvalue weighted by atomic mass is 10.1. The summed E-state index contributed by atoms with van der Waals surface area (Å²) in [4.78, 5) is 0. The van der Waals surface area contributed by atoms with Crippen LogP contribution in [-0.4, -0.2) is 6.54 Å². The van der Waals surface area contributed by atoms with Crippen molar-refractivity contribution >= 4 is 0 Å². The predicted octanol–water partition coefficient (Wildman–Crippen LogP) is 2.12. The first-order chi connectivity index (χ1) is 5.33. The van der Waals surface area contributed by atoms with Crippen molar-refractivity contribution in [3.05, 3.63) is 35.4 Å². The van der Waals surface area contributed by atoms with Gasteiger partial charge in [0.25, 0.3) is 0 Å². The van der Waals surface area contributed by atoms with Crippen LogP contribution in [0.2, 0.25) is 0 Å². The summed E-state index contributed by atoms with van der Waals surface area (Å²) in [6.07, 6.45) is 0. The standard InChI is InChI=1S/C10H14N/c1-3-11-8-10-6-4-9(2)5-7-10/h4-7H,3,8H2,1-2H3. The molecule has 0 saturated heterocycles. The van der Waals surface area contributed by atoms with Gasteiger partial charge in [-0.05, 0) is 12.5 Å². The zero-order valence-corrected chi connectivity index (χ0v) is 7.17. The van der Waals surface area contributed by atoms with E-state index in [9.17, 15) is 0 Å². The molecule has 0 fully saturated rings. The average Bonchev–Trinajstić information content (AvgIpc) is 2.04. The van der Waals surface area contributed by atoms with Crippen LogP contribution >= 0.6 is 0 Å². The van der Waals surface area contributed by atoms with Gasteiger partial charge in [0.05, 0.1) is 0 Å². The van der Waals surface area contributed by atoms with Crippen LogP contribution in [0.15, 0.2) is 24.3 Å². The molecular weight excluding hydrogens is 134 g/mol. The van der Waals surface area contributed by atoms with Crippen LogP contribution < -0.4 is 5.32 Å². The molecule has 0 atom stereocenters. The van der Waals surface area contributed by atoms with Crippen molar-refractivity contribution in [1.82, 2.24) is 5.32 Å². The molecule has 59 valence electrons. The largest absolute Gasteiger partial charge is 0.237 e. The van der Waals surface area contributed by atoms with Gasteiger partial charge in [0, 0.05) is 13.1 Å². The normalized spacial score (nSPS) is 10.0. The van der Waals surface area contributed by atoms with E-state index in [1.807, 2.05) is 0 Å². The summed E-state index contributed by atoms with van der Waals surface area (Å²) in [7, 11) is 0. The molecule has 0 aromatic heterocycles. The smallest absolute Gasteiger partial charge is 0.0384 e. The summed E-state index contributed by atoms with van der Waals surface area (Å²) in [6.45, 7) is 5.93. The summed E-state index contributed by atoms with van der Waals surface area (Å²) < 4.78 is 0. The molecule has 1 rings (SSSR count). The van der Waals surface area contributed by atoms with E-state index in [4.69, 9.17) is 0 Å². The van der Waals surface area contributed by atoms with Crippen LogP contribution in [0.3, 0.4) is 0 Å². The molecule has 1 radical (unpaired) electrons. The molecular formula is C10H14N. The van der Waals surface area contributed by atoms with Gasteiger partial charge < -0.3 is 0 Å². The minimum Gasteiger partial charge on any atom is -0.237 e. The minimum absolute atomic E-state index is 0.858. The third-order valence-corrected chi connectivity index (χ3v) is 1.64. The summed E-state index contributed by atoms with van der Waals surface area (Å²) in [5, 5.41) is 4.27. The Labute approximate surface area is 68.4 Å². The van der Waals surface area contributed by atoms with Gasteiger partial charge in [-0.3, -0.25) is 0 Å². The number of benzene rings is 1. The molecule has 0 unspecified atom stereocenters. The van der Waals surface area contributed by atoms with Crippen molar-refractivity contribution < 1.29 is 0 Å². The van der Waals surface area contributed by atoms with E-state index in [2.05, 4.69) is 43.4 Å². The molecule has 11 heavy (non-hydrogen) atoms. The molecule has 1 nitrogen and oxygen atoms in total. The van der Waals surface area contributed by atoms with Gasteiger partial charge in [0.15, 0.2) is 0 Å². The van der Waals surface area contributed by atoms with Crippen LogP contribution in [0.4, 0.5) is 0 Å².